The van der Waals surface area contributed by atoms with E-state index in [1.54, 1.807) is 30.3 Å². The topological polar surface area (TPSA) is 147 Å². The number of nitrogens with zero attached hydrogens (tertiary/aromatic N) is 2. The minimum atomic E-state index is -1.14. The average molecular weight is 495 g/mol. The van der Waals surface area contributed by atoms with Crippen LogP contribution >= 0.6 is 0 Å². The van der Waals surface area contributed by atoms with E-state index in [0.29, 0.717) is 16.6 Å². The lowest BCUT2D eigenvalue weighted by molar-refractivity contribution is -0.384. The summed E-state index contributed by atoms with van der Waals surface area (Å²) in [7, 11) is 0. The van der Waals surface area contributed by atoms with Crippen LogP contribution in [0.5, 0.6) is 0 Å². The van der Waals surface area contributed by atoms with Gasteiger partial charge in [-0.05, 0) is 53.4 Å². The van der Waals surface area contributed by atoms with Gasteiger partial charge in [-0.1, -0.05) is 24.3 Å². The number of benzene rings is 4. The number of rotatable bonds is 5. The summed E-state index contributed by atoms with van der Waals surface area (Å²) in [5, 5.41) is 24.5. The quantitative estimate of drug-likeness (QED) is 0.228. The van der Waals surface area contributed by atoms with Crippen LogP contribution in [-0.2, 0) is 4.79 Å². The summed E-state index contributed by atoms with van der Waals surface area (Å²) in [5.74, 6) is -2.74. The van der Waals surface area contributed by atoms with Crippen molar-refractivity contribution in [3.05, 3.63) is 99.6 Å². The number of carbonyl (C=O) groups excluding carboxylic acids is 3. The first kappa shape index (κ1) is 23.4. The number of imide groups is 1. The first-order valence-electron chi connectivity index (χ1n) is 11.0. The summed E-state index contributed by atoms with van der Waals surface area (Å²) in [6, 6.07) is 17.5. The zero-order valence-electron chi connectivity index (χ0n) is 19.2. The molecule has 0 atom stereocenters. The fraction of sp³-hybridized carbons (Fsp3) is 0.0370. The molecule has 10 nitrogen and oxygen atoms in total. The van der Waals surface area contributed by atoms with Crippen molar-refractivity contribution in [2.24, 2.45) is 0 Å². The van der Waals surface area contributed by atoms with Crippen LogP contribution in [0.25, 0.3) is 21.9 Å². The summed E-state index contributed by atoms with van der Waals surface area (Å²) in [5.41, 5.74) is 1.11. The van der Waals surface area contributed by atoms with Gasteiger partial charge in [0.1, 0.15) is 0 Å². The van der Waals surface area contributed by atoms with E-state index in [-0.39, 0.29) is 44.9 Å². The Bertz CT molecular complexity index is 1660. The Kier molecular flexibility index (Phi) is 5.48. The average Bonchev–Trinajstić information content (AvgIpc) is 2.87. The maximum absolute atomic E-state index is 13.6. The number of carbonyl (C=O) groups is 4. The number of nitro benzene ring substituents is 1. The van der Waals surface area contributed by atoms with Gasteiger partial charge in [0.25, 0.3) is 17.5 Å². The summed E-state index contributed by atoms with van der Waals surface area (Å²) < 4.78 is 0. The highest BCUT2D eigenvalue weighted by molar-refractivity contribution is 6.37. The fourth-order valence-electron chi connectivity index (χ4n) is 4.51. The van der Waals surface area contributed by atoms with Crippen LogP contribution in [0.3, 0.4) is 0 Å². The molecule has 0 bridgehead atoms. The molecule has 5 rings (SSSR count). The molecule has 0 fully saturated rings. The van der Waals surface area contributed by atoms with E-state index in [2.05, 4.69) is 5.32 Å². The first-order valence-corrected chi connectivity index (χ1v) is 11.0. The van der Waals surface area contributed by atoms with Gasteiger partial charge in [0, 0.05) is 29.6 Å². The number of carboxylic acids is 1. The van der Waals surface area contributed by atoms with Crippen molar-refractivity contribution < 1.29 is 29.2 Å². The number of anilines is 2. The SMILES string of the molecule is CC(=O)Nc1ccc(N2C(=O)c3cccc4c(-c5ccc(C(=O)O)cc5)c([N+](=O)[O-])cc(c34)C2=O)cc1. The maximum Gasteiger partial charge on any atom is 0.335 e. The zero-order chi connectivity index (χ0) is 26.4. The van der Waals surface area contributed by atoms with Gasteiger partial charge < -0.3 is 10.4 Å². The summed E-state index contributed by atoms with van der Waals surface area (Å²) in [6.45, 7) is 1.35. The molecule has 0 spiro atoms. The molecular weight excluding hydrogens is 478 g/mol. The smallest absolute Gasteiger partial charge is 0.335 e. The van der Waals surface area contributed by atoms with Crippen LogP contribution in [0.2, 0.25) is 0 Å². The Morgan fingerprint density at radius 3 is 2.16 bits per heavy atom. The minimum Gasteiger partial charge on any atom is -0.478 e. The van der Waals surface area contributed by atoms with Gasteiger partial charge in [-0.25, -0.2) is 9.69 Å². The standard InChI is InChI=1S/C27H17N3O7/c1-14(31)28-17-9-11-18(12-10-17)29-25(32)20-4-2-3-19-23(15-5-7-16(8-6-15)27(34)35)22(30(36)37)13-21(24(19)20)26(29)33/h2-13H,1H3,(H,28,31)(H,34,35). The molecule has 10 heteroatoms. The van der Waals surface area contributed by atoms with Crippen molar-refractivity contribution >= 4 is 51.5 Å². The molecule has 1 aliphatic rings. The Hall–Kier alpha value is -5.38. The van der Waals surface area contributed by atoms with Crippen LogP contribution in [0, 0.1) is 10.1 Å². The molecule has 37 heavy (non-hydrogen) atoms. The third-order valence-corrected chi connectivity index (χ3v) is 6.07. The second kappa shape index (κ2) is 8.68. The van der Waals surface area contributed by atoms with Gasteiger partial charge in [0.2, 0.25) is 5.91 Å². The maximum atomic E-state index is 13.6. The van der Waals surface area contributed by atoms with Crippen molar-refractivity contribution in [3.8, 4) is 11.1 Å². The fourth-order valence-corrected chi connectivity index (χ4v) is 4.51. The Morgan fingerprint density at radius 2 is 1.57 bits per heavy atom. The van der Waals surface area contributed by atoms with Crippen molar-refractivity contribution in [1.29, 1.82) is 0 Å². The third-order valence-electron chi connectivity index (χ3n) is 6.07. The van der Waals surface area contributed by atoms with Crippen LogP contribution in [-0.4, -0.2) is 33.7 Å². The summed E-state index contributed by atoms with van der Waals surface area (Å²) in [4.78, 5) is 62.1. The Morgan fingerprint density at radius 1 is 0.919 bits per heavy atom. The molecule has 1 aliphatic heterocycles. The highest BCUT2D eigenvalue weighted by atomic mass is 16.6. The van der Waals surface area contributed by atoms with Crippen molar-refractivity contribution in [2.45, 2.75) is 6.92 Å². The largest absolute Gasteiger partial charge is 0.478 e. The normalized spacial score (nSPS) is 12.5. The number of amides is 3. The van der Waals surface area contributed by atoms with Crippen molar-refractivity contribution in [2.75, 3.05) is 10.2 Å². The molecule has 4 aromatic carbocycles. The predicted octanol–water partition coefficient (Wildman–Crippen LogP) is 4.87. The Labute approximate surface area is 208 Å². The molecular formula is C27H17N3O7. The molecule has 0 unspecified atom stereocenters. The molecule has 3 amide bonds. The van der Waals surface area contributed by atoms with E-state index in [1.807, 2.05) is 0 Å². The number of hydrogen-bond acceptors (Lipinski definition) is 6. The number of nitro groups is 1. The van der Waals surface area contributed by atoms with Gasteiger partial charge in [-0.3, -0.25) is 24.5 Å². The number of aromatic carboxylic acids is 1. The van der Waals surface area contributed by atoms with E-state index in [4.69, 9.17) is 0 Å². The monoisotopic (exact) mass is 495 g/mol. The van der Waals surface area contributed by atoms with E-state index in [1.165, 1.54) is 43.3 Å². The summed E-state index contributed by atoms with van der Waals surface area (Å²) in [6.07, 6.45) is 0. The molecule has 1 heterocycles. The number of hydrogen-bond donors (Lipinski definition) is 2. The lowest BCUT2D eigenvalue weighted by atomic mass is 9.87. The van der Waals surface area contributed by atoms with Gasteiger partial charge in [0.05, 0.1) is 27.3 Å². The Balaban J connectivity index is 1.70. The van der Waals surface area contributed by atoms with Gasteiger partial charge in [0.15, 0.2) is 0 Å². The van der Waals surface area contributed by atoms with Crippen LogP contribution in [0.15, 0.2) is 72.8 Å². The van der Waals surface area contributed by atoms with Crippen molar-refractivity contribution in [1.82, 2.24) is 0 Å². The molecule has 4 aromatic rings. The second-order valence-corrected chi connectivity index (χ2v) is 8.36. The molecule has 2 N–H and O–H groups in total. The van der Waals surface area contributed by atoms with Gasteiger partial charge >= 0.3 is 5.97 Å². The van der Waals surface area contributed by atoms with E-state index >= 15 is 0 Å². The highest BCUT2D eigenvalue weighted by Crippen LogP contribution is 2.43. The minimum absolute atomic E-state index is 0.00579. The van der Waals surface area contributed by atoms with Crippen LogP contribution in [0.4, 0.5) is 17.1 Å². The van der Waals surface area contributed by atoms with E-state index in [0.717, 1.165) is 11.0 Å². The lowest BCUT2D eigenvalue weighted by Crippen LogP contribution is -2.40. The second-order valence-electron chi connectivity index (χ2n) is 8.36. The van der Waals surface area contributed by atoms with Gasteiger partial charge in [-0.2, -0.15) is 0 Å². The molecule has 0 aliphatic carbocycles. The van der Waals surface area contributed by atoms with Gasteiger partial charge in [-0.15, -0.1) is 0 Å². The van der Waals surface area contributed by atoms with Crippen LogP contribution in [0.1, 0.15) is 38.0 Å². The van der Waals surface area contributed by atoms with Crippen molar-refractivity contribution in [3.63, 3.8) is 0 Å². The lowest BCUT2D eigenvalue weighted by Gasteiger charge is -2.28. The molecule has 0 saturated carbocycles. The molecule has 182 valence electrons. The summed E-state index contributed by atoms with van der Waals surface area (Å²) >= 11 is 0. The van der Waals surface area contributed by atoms with E-state index in [9.17, 15) is 34.4 Å². The predicted molar refractivity (Wildman–Crippen MR) is 135 cm³/mol. The third kappa shape index (κ3) is 3.86. The number of carboxylic acid groups (broad SMARTS) is 1. The first-order chi connectivity index (χ1) is 17.7. The zero-order valence-corrected chi connectivity index (χ0v) is 19.2. The highest BCUT2D eigenvalue weighted by Gasteiger charge is 2.37. The molecule has 0 aromatic heterocycles. The molecule has 0 saturated heterocycles. The van der Waals surface area contributed by atoms with E-state index < -0.39 is 22.7 Å². The molecule has 0 radical (unpaired) electrons. The van der Waals surface area contributed by atoms with Crippen LogP contribution < -0.4 is 10.2 Å². The number of nitrogens with one attached hydrogen (secondary N) is 1.